The molecule has 0 unspecified atom stereocenters. The summed E-state index contributed by atoms with van der Waals surface area (Å²) in [5, 5.41) is 11.0. The number of nitrogens with zero attached hydrogens (tertiary/aromatic N) is 5. The quantitative estimate of drug-likeness (QED) is 0.774. The maximum absolute atomic E-state index is 4.91. The smallest absolute Gasteiger partial charge is 0.227 e. The number of H-pyrrole nitrogens is 1. The summed E-state index contributed by atoms with van der Waals surface area (Å²) >= 11 is 0. The van der Waals surface area contributed by atoms with Crippen molar-refractivity contribution in [2.45, 2.75) is 70.3 Å². The Balaban J connectivity index is 1.26. The molecule has 3 aliphatic rings. The molecule has 0 amide bonds. The van der Waals surface area contributed by atoms with Crippen molar-refractivity contribution in [2.24, 2.45) is 0 Å². The Morgan fingerprint density at radius 2 is 1.86 bits per heavy atom. The first-order valence-corrected chi connectivity index (χ1v) is 11.5. The number of hydrogen-bond acceptors (Lipinski definition) is 6. The maximum atomic E-state index is 4.91. The zero-order valence-corrected chi connectivity index (χ0v) is 17.5. The van der Waals surface area contributed by atoms with Gasteiger partial charge in [0, 0.05) is 48.6 Å². The van der Waals surface area contributed by atoms with Crippen molar-refractivity contribution in [3.63, 3.8) is 0 Å². The molecule has 7 heteroatoms. The summed E-state index contributed by atoms with van der Waals surface area (Å²) in [4.78, 5) is 14.7. The van der Waals surface area contributed by atoms with Gasteiger partial charge in [0.2, 0.25) is 5.95 Å². The van der Waals surface area contributed by atoms with E-state index in [1.54, 1.807) is 0 Å². The van der Waals surface area contributed by atoms with Crippen molar-refractivity contribution >= 4 is 17.6 Å². The van der Waals surface area contributed by atoms with Crippen molar-refractivity contribution in [1.82, 2.24) is 25.1 Å². The minimum absolute atomic E-state index is 0.672. The molecule has 1 saturated carbocycles. The van der Waals surface area contributed by atoms with Gasteiger partial charge in [-0.05, 0) is 58.0 Å². The highest BCUT2D eigenvalue weighted by Gasteiger charge is 2.27. The predicted molar refractivity (Wildman–Crippen MR) is 116 cm³/mol. The van der Waals surface area contributed by atoms with Gasteiger partial charge in [0.1, 0.15) is 5.82 Å². The van der Waals surface area contributed by atoms with Crippen LogP contribution in [0.2, 0.25) is 0 Å². The first-order valence-electron chi connectivity index (χ1n) is 11.5. The number of rotatable bonds is 6. The summed E-state index contributed by atoms with van der Waals surface area (Å²) < 4.78 is 0. The fraction of sp³-hybridized carbons (Fsp3) is 0.682. The van der Waals surface area contributed by atoms with Gasteiger partial charge in [-0.25, -0.2) is 4.98 Å². The maximum Gasteiger partial charge on any atom is 0.227 e. The number of piperidine rings is 2. The molecule has 2 aromatic rings. The van der Waals surface area contributed by atoms with Crippen LogP contribution >= 0.6 is 0 Å². The Morgan fingerprint density at radius 1 is 1.07 bits per heavy atom. The van der Waals surface area contributed by atoms with Gasteiger partial charge < -0.3 is 15.1 Å². The molecule has 1 aliphatic carbocycles. The van der Waals surface area contributed by atoms with Crippen molar-refractivity contribution in [2.75, 3.05) is 36.4 Å². The third-order valence-corrected chi connectivity index (χ3v) is 6.75. The van der Waals surface area contributed by atoms with E-state index < -0.39 is 0 Å². The highest BCUT2D eigenvalue weighted by Crippen LogP contribution is 2.39. The second-order valence-corrected chi connectivity index (χ2v) is 8.82. The SMILES string of the molecule is CCc1cnc(N2CCC(N3CCCCC3)CC2)nc1Nc1cc(C2CC2)[nH]n1. The van der Waals surface area contributed by atoms with Gasteiger partial charge in [0.25, 0.3) is 0 Å². The fourth-order valence-corrected chi connectivity index (χ4v) is 4.76. The van der Waals surface area contributed by atoms with Gasteiger partial charge in [-0.2, -0.15) is 10.1 Å². The zero-order valence-electron chi connectivity index (χ0n) is 17.5. The van der Waals surface area contributed by atoms with Crippen molar-refractivity contribution in [1.29, 1.82) is 0 Å². The number of aryl methyl sites for hydroxylation is 1. The Bertz CT molecular complexity index is 814. The monoisotopic (exact) mass is 395 g/mol. The van der Waals surface area contributed by atoms with Crippen LogP contribution in [0.15, 0.2) is 12.3 Å². The second kappa shape index (κ2) is 8.30. The molecule has 3 fully saturated rings. The Hall–Kier alpha value is -2.15. The van der Waals surface area contributed by atoms with E-state index in [1.807, 2.05) is 6.20 Å². The molecule has 5 rings (SSSR count). The Morgan fingerprint density at radius 3 is 2.59 bits per heavy atom. The van der Waals surface area contributed by atoms with E-state index in [2.05, 4.69) is 43.3 Å². The van der Waals surface area contributed by atoms with Crippen molar-refractivity contribution < 1.29 is 0 Å². The number of hydrogen-bond donors (Lipinski definition) is 2. The molecule has 156 valence electrons. The molecular weight excluding hydrogens is 362 g/mol. The largest absolute Gasteiger partial charge is 0.341 e. The van der Waals surface area contributed by atoms with Gasteiger partial charge in [-0.3, -0.25) is 5.10 Å². The number of aromatic amines is 1. The van der Waals surface area contributed by atoms with Crippen molar-refractivity contribution in [3.05, 3.63) is 23.5 Å². The summed E-state index contributed by atoms with van der Waals surface area (Å²) in [7, 11) is 0. The first-order chi connectivity index (χ1) is 14.3. The van der Waals surface area contributed by atoms with Gasteiger partial charge in [-0.15, -0.1) is 0 Å². The minimum atomic E-state index is 0.672. The standard InChI is InChI=1S/C22H33N7/c1-2-16-15-23-22(25-21(16)24-20-14-19(26-27-20)17-6-7-17)29-12-8-18(9-13-29)28-10-4-3-5-11-28/h14-15,17-18H,2-13H2,1H3,(H2,23,24,25,26,27). The van der Waals surface area contributed by atoms with Crippen LogP contribution in [-0.2, 0) is 6.42 Å². The lowest BCUT2D eigenvalue weighted by atomic mass is 10.00. The third-order valence-electron chi connectivity index (χ3n) is 6.75. The molecule has 2 aromatic heterocycles. The molecule has 0 bridgehead atoms. The molecule has 0 aromatic carbocycles. The minimum Gasteiger partial charge on any atom is -0.341 e. The number of anilines is 3. The molecule has 2 aliphatic heterocycles. The molecule has 29 heavy (non-hydrogen) atoms. The summed E-state index contributed by atoms with van der Waals surface area (Å²) in [6, 6.07) is 2.87. The number of likely N-dealkylation sites (tertiary alicyclic amines) is 1. The summed E-state index contributed by atoms with van der Waals surface area (Å²) in [6.45, 7) is 6.80. The van der Waals surface area contributed by atoms with Crippen LogP contribution in [0.1, 0.15) is 69.0 Å². The molecule has 2 N–H and O–H groups in total. The first kappa shape index (κ1) is 18.9. The van der Waals surface area contributed by atoms with E-state index in [4.69, 9.17) is 4.98 Å². The van der Waals surface area contributed by atoms with Gasteiger partial charge in [0.15, 0.2) is 5.82 Å². The van der Waals surface area contributed by atoms with Crippen LogP contribution in [0.25, 0.3) is 0 Å². The molecular formula is C22H33N7. The summed E-state index contributed by atoms with van der Waals surface area (Å²) in [5.41, 5.74) is 2.37. The Labute approximate surface area is 173 Å². The van der Waals surface area contributed by atoms with E-state index in [0.29, 0.717) is 5.92 Å². The van der Waals surface area contributed by atoms with E-state index in [0.717, 1.165) is 48.7 Å². The summed E-state index contributed by atoms with van der Waals surface area (Å²) in [6.07, 6.45) is 12.0. The molecule has 0 spiro atoms. The molecule has 0 atom stereocenters. The van der Waals surface area contributed by atoms with Crippen LogP contribution in [0, 0.1) is 0 Å². The summed E-state index contributed by atoms with van der Waals surface area (Å²) in [5.74, 6) is 3.27. The normalized spacial score (nSPS) is 21.5. The predicted octanol–water partition coefficient (Wildman–Crippen LogP) is 3.84. The highest BCUT2D eigenvalue weighted by molar-refractivity contribution is 5.58. The topological polar surface area (TPSA) is 73.0 Å². The lowest BCUT2D eigenvalue weighted by Crippen LogP contribution is -2.47. The molecule has 2 saturated heterocycles. The zero-order chi connectivity index (χ0) is 19.6. The van der Waals surface area contributed by atoms with Gasteiger partial charge in [-0.1, -0.05) is 13.3 Å². The van der Waals surface area contributed by atoms with E-state index in [1.165, 1.54) is 63.7 Å². The average molecular weight is 396 g/mol. The van der Waals surface area contributed by atoms with Crippen LogP contribution in [0.5, 0.6) is 0 Å². The Kier molecular flexibility index (Phi) is 5.40. The van der Waals surface area contributed by atoms with E-state index in [9.17, 15) is 0 Å². The van der Waals surface area contributed by atoms with E-state index >= 15 is 0 Å². The van der Waals surface area contributed by atoms with Crippen LogP contribution in [-0.4, -0.2) is 57.3 Å². The average Bonchev–Trinajstić information content (AvgIpc) is 3.53. The highest BCUT2D eigenvalue weighted by atomic mass is 15.3. The van der Waals surface area contributed by atoms with Crippen LogP contribution in [0.4, 0.5) is 17.6 Å². The van der Waals surface area contributed by atoms with Crippen molar-refractivity contribution in [3.8, 4) is 0 Å². The fourth-order valence-electron chi connectivity index (χ4n) is 4.76. The lowest BCUT2D eigenvalue weighted by molar-refractivity contribution is 0.141. The van der Waals surface area contributed by atoms with E-state index in [-0.39, 0.29) is 0 Å². The third kappa shape index (κ3) is 4.25. The van der Waals surface area contributed by atoms with Gasteiger partial charge in [0.05, 0.1) is 0 Å². The molecule has 4 heterocycles. The van der Waals surface area contributed by atoms with Gasteiger partial charge >= 0.3 is 0 Å². The number of aromatic nitrogens is 4. The lowest BCUT2D eigenvalue weighted by Gasteiger charge is -2.40. The second-order valence-electron chi connectivity index (χ2n) is 8.82. The number of nitrogens with one attached hydrogen (secondary N) is 2. The van der Waals surface area contributed by atoms with Crippen LogP contribution < -0.4 is 10.2 Å². The molecule has 0 radical (unpaired) electrons. The molecule has 7 nitrogen and oxygen atoms in total. The van der Waals surface area contributed by atoms with Crippen LogP contribution in [0.3, 0.4) is 0 Å².